The molecule has 1 amide bonds. The van der Waals surface area contributed by atoms with Crippen molar-refractivity contribution in [2.24, 2.45) is 0 Å². The number of nitrogens with one attached hydrogen (secondary N) is 1. The molecule has 0 fully saturated rings. The third-order valence-electron chi connectivity index (χ3n) is 4.39. The van der Waals surface area contributed by atoms with Crippen molar-refractivity contribution >= 4 is 35.4 Å². The summed E-state index contributed by atoms with van der Waals surface area (Å²) in [7, 11) is 0. The second-order valence-corrected chi connectivity index (χ2v) is 8.57. The lowest BCUT2D eigenvalue weighted by atomic mass is 9.99. The van der Waals surface area contributed by atoms with Crippen molar-refractivity contribution in [3.63, 3.8) is 0 Å². The van der Waals surface area contributed by atoms with Crippen LogP contribution in [0.5, 0.6) is 0 Å². The first-order chi connectivity index (χ1) is 14.6. The lowest BCUT2D eigenvalue weighted by Crippen LogP contribution is -2.41. The Kier molecular flexibility index (Phi) is 7.93. The normalized spacial score (nSPS) is 11.6. The van der Waals surface area contributed by atoms with E-state index in [1.165, 1.54) is 11.8 Å². The van der Waals surface area contributed by atoms with Gasteiger partial charge in [-0.15, -0.1) is 0 Å². The summed E-state index contributed by atoms with van der Waals surface area (Å²) >= 11 is 3.06. The number of carbonyl (C=O) groups is 2. The first-order valence-corrected chi connectivity index (χ1v) is 11.6. The van der Waals surface area contributed by atoms with E-state index in [1.54, 1.807) is 24.0 Å². The highest BCUT2D eigenvalue weighted by Gasteiger charge is 2.22. The molecule has 0 aliphatic carbocycles. The molecule has 0 spiro atoms. The van der Waals surface area contributed by atoms with Crippen molar-refractivity contribution < 1.29 is 14.7 Å². The van der Waals surface area contributed by atoms with Crippen LogP contribution < -0.4 is 5.32 Å². The van der Waals surface area contributed by atoms with E-state index in [0.29, 0.717) is 17.7 Å². The molecule has 0 saturated carbocycles. The van der Waals surface area contributed by atoms with E-state index in [0.717, 1.165) is 21.0 Å². The van der Waals surface area contributed by atoms with E-state index in [4.69, 9.17) is 0 Å². The Hall–Kier alpha value is -2.77. The molecule has 5 nitrogen and oxygen atoms in total. The summed E-state index contributed by atoms with van der Waals surface area (Å²) in [5.74, 6) is -0.764. The molecule has 0 radical (unpaired) electrons. The zero-order chi connectivity index (χ0) is 21.3. The van der Waals surface area contributed by atoms with Gasteiger partial charge in [0.1, 0.15) is 11.1 Å². The molecule has 1 aromatic heterocycles. The first kappa shape index (κ1) is 21.9. The van der Waals surface area contributed by atoms with Crippen LogP contribution in [-0.2, 0) is 4.79 Å². The van der Waals surface area contributed by atoms with E-state index in [2.05, 4.69) is 10.3 Å². The number of thioether (sulfide) groups is 1. The molecule has 3 rings (SSSR count). The van der Waals surface area contributed by atoms with Crippen LogP contribution in [0.3, 0.4) is 0 Å². The van der Waals surface area contributed by atoms with Crippen LogP contribution in [0.15, 0.2) is 82.8 Å². The number of benzene rings is 2. The molecule has 2 N–H and O–H groups in total. The molecule has 7 heteroatoms. The molecule has 154 valence electrons. The number of carboxylic acid groups (broad SMARTS) is 1. The van der Waals surface area contributed by atoms with Crippen LogP contribution in [0.2, 0.25) is 0 Å². The summed E-state index contributed by atoms with van der Waals surface area (Å²) in [5.41, 5.74) is 2.09. The molecule has 1 atom stereocenters. The van der Waals surface area contributed by atoms with E-state index in [-0.39, 0.29) is 0 Å². The number of rotatable bonds is 9. The molecular weight excluding hydrogens is 416 g/mol. The highest BCUT2D eigenvalue weighted by molar-refractivity contribution is 7.99. The van der Waals surface area contributed by atoms with Gasteiger partial charge in [-0.05, 0) is 59.9 Å². The number of amides is 1. The van der Waals surface area contributed by atoms with Crippen LogP contribution in [0.25, 0.3) is 11.1 Å². The van der Waals surface area contributed by atoms with Gasteiger partial charge in [0.25, 0.3) is 5.91 Å². The van der Waals surface area contributed by atoms with Gasteiger partial charge in [0.05, 0.1) is 0 Å². The van der Waals surface area contributed by atoms with Crippen molar-refractivity contribution in [2.75, 3.05) is 12.0 Å². The molecule has 2 aromatic carbocycles. The largest absolute Gasteiger partial charge is 0.480 e. The summed E-state index contributed by atoms with van der Waals surface area (Å²) in [6.07, 6.45) is 4.02. The van der Waals surface area contributed by atoms with Crippen molar-refractivity contribution in [3.8, 4) is 11.1 Å². The van der Waals surface area contributed by atoms with Gasteiger partial charge in [-0.3, -0.25) is 4.79 Å². The first-order valence-electron chi connectivity index (χ1n) is 9.39. The Morgan fingerprint density at radius 2 is 1.83 bits per heavy atom. The van der Waals surface area contributed by atoms with Gasteiger partial charge >= 0.3 is 5.97 Å². The molecule has 0 bridgehead atoms. The number of nitrogens with zero attached hydrogens (tertiary/aromatic N) is 1. The highest BCUT2D eigenvalue weighted by Crippen LogP contribution is 2.32. The summed E-state index contributed by atoms with van der Waals surface area (Å²) in [6.45, 7) is 0. The Bertz CT molecular complexity index is 998. The van der Waals surface area contributed by atoms with Crippen LogP contribution in [0.1, 0.15) is 16.8 Å². The topological polar surface area (TPSA) is 79.3 Å². The maximum atomic E-state index is 13.0. The zero-order valence-corrected chi connectivity index (χ0v) is 18.1. The quantitative estimate of drug-likeness (QED) is 0.498. The highest BCUT2D eigenvalue weighted by atomic mass is 32.2. The third kappa shape index (κ3) is 5.87. The maximum absolute atomic E-state index is 13.0. The smallest absolute Gasteiger partial charge is 0.326 e. The Labute approximate surface area is 184 Å². The van der Waals surface area contributed by atoms with Gasteiger partial charge in [0.15, 0.2) is 0 Å². The molecule has 0 aliphatic heterocycles. The standard InChI is InChI=1S/C23H22N2O3S2/c1-29-14-12-20(23(27)28)25-22(26)18-11-10-17(30-21-9-5-6-13-24-21)15-19(18)16-7-3-2-4-8-16/h2-11,13,15,20H,12,14H2,1H3,(H,25,26)(H,27,28). The molecule has 1 heterocycles. The SMILES string of the molecule is CSCCC(NC(=O)c1ccc(Sc2ccccn2)cc1-c1ccccc1)C(=O)O. The number of aliphatic carboxylic acids is 1. The number of hydrogen-bond acceptors (Lipinski definition) is 5. The third-order valence-corrected chi connectivity index (χ3v) is 5.98. The predicted octanol–water partition coefficient (Wildman–Crippen LogP) is 4.84. The summed E-state index contributed by atoms with van der Waals surface area (Å²) in [5, 5.41) is 13.0. The van der Waals surface area contributed by atoms with E-state index < -0.39 is 17.9 Å². The molecule has 1 unspecified atom stereocenters. The minimum absolute atomic E-state index is 0.372. The Morgan fingerprint density at radius 1 is 1.07 bits per heavy atom. The molecule has 3 aromatic rings. The number of hydrogen-bond donors (Lipinski definition) is 2. The van der Waals surface area contributed by atoms with Crippen molar-refractivity contribution in [3.05, 3.63) is 78.5 Å². The molecule has 30 heavy (non-hydrogen) atoms. The van der Waals surface area contributed by atoms with Crippen LogP contribution in [0, 0.1) is 0 Å². The average Bonchev–Trinajstić information content (AvgIpc) is 2.77. The second kappa shape index (κ2) is 10.8. The molecule has 0 aliphatic rings. The van der Waals surface area contributed by atoms with Crippen LogP contribution in [-0.4, -0.2) is 40.0 Å². The van der Waals surface area contributed by atoms with Crippen molar-refractivity contribution in [2.45, 2.75) is 22.4 Å². The number of pyridine rings is 1. The van der Waals surface area contributed by atoms with E-state index in [1.807, 2.05) is 66.9 Å². The number of aromatic nitrogens is 1. The van der Waals surface area contributed by atoms with Crippen LogP contribution in [0.4, 0.5) is 0 Å². The number of carbonyl (C=O) groups excluding carboxylic acids is 1. The summed E-state index contributed by atoms with van der Waals surface area (Å²) < 4.78 is 0. The van der Waals surface area contributed by atoms with Gasteiger partial charge in [0.2, 0.25) is 0 Å². The monoisotopic (exact) mass is 438 g/mol. The van der Waals surface area contributed by atoms with Gasteiger partial charge in [-0.1, -0.05) is 48.2 Å². The van der Waals surface area contributed by atoms with Crippen molar-refractivity contribution in [1.29, 1.82) is 0 Å². The maximum Gasteiger partial charge on any atom is 0.326 e. The lowest BCUT2D eigenvalue weighted by Gasteiger charge is -2.16. The van der Waals surface area contributed by atoms with Gasteiger partial charge in [-0.2, -0.15) is 11.8 Å². The zero-order valence-electron chi connectivity index (χ0n) is 16.4. The van der Waals surface area contributed by atoms with E-state index >= 15 is 0 Å². The fraction of sp³-hybridized carbons (Fsp3) is 0.174. The number of carboxylic acids is 1. The van der Waals surface area contributed by atoms with Gasteiger partial charge < -0.3 is 10.4 Å². The second-order valence-electron chi connectivity index (χ2n) is 6.49. The van der Waals surface area contributed by atoms with Crippen LogP contribution >= 0.6 is 23.5 Å². The van der Waals surface area contributed by atoms with E-state index in [9.17, 15) is 14.7 Å². The predicted molar refractivity (Wildman–Crippen MR) is 122 cm³/mol. The molecular formula is C23H22N2O3S2. The Morgan fingerprint density at radius 3 is 2.50 bits per heavy atom. The fourth-order valence-electron chi connectivity index (χ4n) is 2.90. The fourth-order valence-corrected chi connectivity index (χ4v) is 4.18. The van der Waals surface area contributed by atoms with Gasteiger partial charge in [-0.25, -0.2) is 9.78 Å². The molecule has 0 saturated heterocycles. The average molecular weight is 439 g/mol. The minimum atomic E-state index is -1.03. The Balaban J connectivity index is 1.92. The summed E-state index contributed by atoms with van der Waals surface area (Å²) in [6, 6.07) is 20.0. The minimum Gasteiger partial charge on any atom is -0.480 e. The van der Waals surface area contributed by atoms with Gasteiger partial charge in [0, 0.05) is 16.7 Å². The lowest BCUT2D eigenvalue weighted by molar-refractivity contribution is -0.139. The summed E-state index contributed by atoms with van der Waals surface area (Å²) in [4.78, 5) is 29.8. The van der Waals surface area contributed by atoms with Crippen molar-refractivity contribution in [1.82, 2.24) is 10.3 Å².